The van der Waals surface area contributed by atoms with E-state index in [0.29, 0.717) is 12.0 Å². The molecule has 1 rings (SSSR count). The molecule has 0 fully saturated rings. The van der Waals surface area contributed by atoms with Crippen LogP contribution in [-0.2, 0) is 0 Å². The highest BCUT2D eigenvalue weighted by atomic mass is 15.1. The van der Waals surface area contributed by atoms with Gasteiger partial charge in [0.2, 0.25) is 0 Å². The van der Waals surface area contributed by atoms with E-state index < -0.39 is 0 Å². The normalized spacial score (nSPS) is 18.0. The van der Waals surface area contributed by atoms with Crippen LogP contribution in [0.3, 0.4) is 0 Å². The molecule has 110 valence electrons. The van der Waals surface area contributed by atoms with Crippen LogP contribution in [0.25, 0.3) is 0 Å². The van der Waals surface area contributed by atoms with Crippen molar-refractivity contribution in [3.05, 3.63) is 11.6 Å². The maximum Gasteiger partial charge on any atom is 0.188 e. The molecule has 0 aromatic rings. The number of allylic oxidation sites excluding steroid dienone is 1. The van der Waals surface area contributed by atoms with Crippen LogP contribution in [0.1, 0.15) is 71.6 Å². The molecule has 0 aliphatic heterocycles. The molecule has 0 amide bonds. The first kappa shape index (κ1) is 16.1. The molecular weight excluding hydrogens is 234 g/mol. The van der Waals surface area contributed by atoms with Crippen LogP contribution >= 0.6 is 0 Å². The van der Waals surface area contributed by atoms with E-state index in [-0.39, 0.29) is 0 Å². The Morgan fingerprint density at radius 2 is 2.26 bits per heavy atom. The summed E-state index contributed by atoms with van der Waals surface area (Å²) in [4.78, 5) is 4.43. The van der Waals surface area contributed by atoms with Crippen molar-refractivity contribution in [3.63, 3.8) is 0 Å². The number of rotatable bonds is 8. The van der Waals surface area contributed by atoms with Gasteiger partial charge in [-0.1, -0.05) is 37.8 Å². The minimum absolute atomic E-state index is 0.434. The molecular formula is C16H31N3. The number of nitrogens with zero attached hydrogens (tertiary/aromatic N) is 1. The van der Waals surface area contributed by atoms with E-state index in [0.717, 1.165) is 13.0 Å². The summed E-state index contributed by atoms with van der Waals surface area (Å²) < 4.78 is 0. The SMILES string of the molecule is CCCCCC(C)NC(N)=NCCC1=CCCCC1. The van der Waals surface area contributed by atoms with E-state index in [1.807, 2.05) is 0 Å². The molecule has 0 aromatic heterocycles. The van der Waals surface area contributed by atoms with Gasteiger partial charge in [0.05, 0.1) is 0 Å². The van der Waals surface area contributed by atoms with Crippen molar-refractivity contribution in [3.8, 4) is 0 Å². The van der Waals surface area contributed by atoms with Gasteiger partial charge in [-0.25, -0.2) is 0 Å². The molecule has 1 atom stereocenters. The van der Waals surface area contributed by atoms with Gasteiger partial charge in [-0.3, -0.25) is 4.99 Å². The van der Waals surface area contributed by atoms with E-state index in [2.05, 4.69) is 30.2 Å². The number of unbranched alkanes of at least 4 members (excludes halogenated alkanes) is 2. The zero-order valence-electron chi connectivity index (χ0n) is 12.8. The van der Waals surface area contributed by atoms with Gasteiger partial charge >= 0.3 is 0 Å². The fraction of sp³-hybridized carbons (Fsp3) is 0.812. The molecule has 1 aliphatic rings. The number of aliphatic imine (C=N–C) groups is 1. The molecule has 0 bridgehead atoms. The van der Waals surface area contributed by atoms with Gasteiger partial charge in [-0.2, -0.15) is 0 Å². The Balaban J connectivity index is 2.15. The Hall–Kier alpha value is -0.990. The molecule has 1 aliphatic carbocycles. The number of hydrogen-bond acceptors (Lipinski definition) is 1. The quantitative estimate of drug-likeness (QED) is 0.304. The van der Waals surface area contributed by atoms with Crippen molar-refractivity contribution >= 4 is 5.96 Å². The first-order valence-corrected chi connectivity index (χ1v) is 7.96. The standard InChI is InChI=1S/C16H31N3/c1-3-4-6-9-14(2)19-16(17)18-13-12-15-10-7-5-8-11-15/h10,14H,3-9,11-13H2,1-2H3,(H3,17,18,19). The summed E-state index contributed by atoms with van der Waals surface area (Å²) in [5, 5.41) is 3.28. The lowest BCUT2D eigenvalue weighted by molar-refractivity contribution is 0.552. The molecule has 0 spiro atoms. The van der Waals surface area contributed by atoms with E-state index in [1.165, 1.54) is 51.4 Å². The second kappa shape index (κ2) is 9.88. The van der Waals surface area contributed by atoms with Gasteiger partial charge < -0.3 is 11.1 Å². The zero-order chi connectivity index (χ0) is 13.9. The summed E-state index contributed by atoms with van der Waals surface area (Å²) in [6, 6.07) is 0.434. The molecule has 3 nitrogen and oxygen atoms in total. The van der Waals surface area contributed by atoms with Crippen LogP contribution in [0.2, 0.25) is 0 Å². The monoisotopic (exact) mass is 265 g/mol. The van der Waals surface area contributed by atoms with E-state index in [1.54, 1.807) is 5.57 Å². The van der Waals surface area contributed by atoms with Crippen molar-refractivity contribution in [2.45, 2.75) is 77.7 Å². The Labute approximate surface area is 118 Å². The van der Waals surface area contributed by atoms with Crippen molar-refractivity contribution in [2.24, 2.45) is 10.7 Å². The minimum atomic E-state index is 0.434. The van der Waals surface area contributed by atoms with Crippen molar-refractivity contribution in [1.29, 1.82) is 0 Å². The minimum Gasteiger partial charge on any atom is -0.370 e. The summed E-state index contributed by atoms with van der Waals surface area (Å²) in [6.45, 7) is 5.24. The number of hydrogen-bond donors (Lipinski definition) is 2. The third-order valence-electron chi connectivity index (χ3n) is 3.74. The second-order valence-corrected chi connectivity index (χ2v) is 5.67. The van der Waals surface area contributed by atoms with Crippen LogP contribution in [0.15, 0.2) is 16.6 Å². The summed E-state index contributed by atoms with van der Waals surface area (Å²) in [5.74, 6) is 0.611. The van der Waals surface area contributed by atoms with Crippen LogP contribution in [-0.4, -0.2) is 18.5 Å². The van der Waals surface area contributed by atoms with E-state index >= 15 is 0 Å². The van der Waals surface area contributed by atoms with Gasteiger partial charge in [0, 0.05) is 12.6 Å². The van der Waals surface area contributed by atoms with Gasteiger partial charge in [0.25, 0.3) is 0 Å². The van der Waals surface area contributed by atoms with Crippen LogP contribution in [0.5, 0.6) is 0 Å². The average molecular weight is 265 g/mol. The van der Waals surface area contributed by atoms with Crippen LogP contribution in [0, 0.1) is 0 Å². The fourth-order valence-corrected chi connectivity index (χ4v) is 2.52. The lowest BCUT2D eigenvalue weighted by atomic mass is 9.97. The topological polar surface area (TPSA) is 50.4 Å². The molecule has 0 heterocycles. The molecule has 3 N–H and O–H groups in total. The predicted molar refractivity (Wildman–Crippen MR) is 84.4 cm³/mol. The highest BCUT2D eigenvalue weighted by Gasteiger charge is 2.04. The number of nitrogens with one attached hydrogen (secondary N) is 1. The average Bonchev–Trinajstić information content (AvgIpc) is 2.40. The fourth-order valence-electron chi connectivity index (χ4n) is 2.52. The second-order valence-electron chi connectivity index (χ2n) is 5.67. The van der Waals surface area contributed by atoms with Gasteiger partial charge in [-0.15, -0.1) is 0 Å². The maximum atomic E-state index is 5.91. The summed E-state index contributed by atoms with van der Waals surface area (Å²) in [7, 11) is 0. The highest BCUT2D eigenvalue weighted by Crippen LogP contribution is 2.19. The number of nitrogens with two attached hydrogens (primary N) is 1. The summed E-state index contributed by atoms with van der Waals surface area (Å²) in [5.41, 5.74) is 7.48. The third kappa shape index (κ3) is 7.91. The van der Waals surface area contributed by atoms with Gasteiger partial charge in [0.15, 0.2) is 5.96 Å². The molecule has 0 aromatic carbocycles. The first-order chi connectivity index (χ1) is 9.22. The highest BCUT2D eigenvalue weighted by molar-refractivity contribution is 5.78. The lowest BCUT2D eigenvalue weighted by Crippen LogP contribution is -2.38. The molecule has 0 saturated heterocycles. The molecule has 0 saturated carbocycles. The summed E-state index contributed by atoms with van der Waals surface area (Å²) >= 11 is 0. The summed E-state index contributed by atoms with van der Waals surface area (Å²) in [6.07, 6.45) is 13.7. The smallest absolute Gasteiger partial charge is 0.188 e. The van der Waals surface area contributed by atoms with Crippen molar-refractivity contribution in [1.82, 2.24) is 5.32 Å². The maximum absolute atomic E-state index is 5.91. The predicted octanol–water partition coefficient (Wildman–Crippen LogP) is 3.75. The van der Waals surface area contributed by atoms with Gasteiger partial charge in [0.1, 0.15) is 0 Å². The Kier molecular flexibility index (Phi) is 8.35. The van der Waals surface area contributed by atoms with Crippen molar-refractivity contribution < 1.29 is 0 Å². The van der Waals surface area contributed by atoms with Crippen LogP contribution < -0.4 is 11.1 Å². The Morgan fingerprint density at radius 1 is 1.42 bits per heavy atom. The van der Waals surface area contributed by atoms with Crippen LogP contribution in [0.4, 0.5) is 0 Å². The first-order valence-electron chi connectivity index (χ1n) is 7.96. The molecule has 3 heteroatoms. The largest absolute Gasteiger partial charge is 0.370 e. The number of guanidine groups is 1. The van der Waals surface area contributed by atoms with Crippen molar-refractivity contribution in [2.75, 3.05) is 6.54 Å². The van der Waals surface area contributed by atoms with E-state index in [4.69, 9.17) is 5.73 Å². The van der Waals surface area contributed by atoms with E-state index in [9.17, 15) is 0 Å². The zero-order valence-corrected chi connectivity index (χ0v) is 12.8. The van der Waals surface area contributed by atoms with Gasteiger partial charge in [-0.05, 0) is 45.4 Å². The lowest BCUT2D eigenvalue weighted by Gasteiger charge is -2.14. The Morgan fingerprint density at radius 3 is 2.95 bits per heavy atom. The Bertz CT molecular complexity index is 294. The molecule has 1 unspecified atom stereocenters. The third-order valence-corrected chi connectivity index (χ3v) is 3.74. The molecule has 0 radical (unpaired) electrons. The molecule has 19 heavy (non-hydrogen) atoms.